The molecule has 1 aromatic rings. The van der Waals surface area contributed by atoms with E-state index < -0.39 is 73.2 Å². The Morgan fingerprint density at radius 2 is 1.62 bits per heavy atom. The maximum atomic E-state index is 13.0. The quantitative estimate of drug-likeness (QED) is 0.514. The van der Waals surface area contributed by atoms with Crippen molar-refractivity contribution in [2.24, 2.45) is 0 Å². The van der Waals surface area contributed by atoms with E-state index in [2.05, 4.69) is 0 Å². The van der Waals surface area contributed by atoms with E-state index in [9.17, 15) is 9.59 Å². The van der Waals surface area contributed by atoms with E-state index in [1.807, 2.05) is 27.7 Å². The Balaban J connectivity index is 2.22. The zero-order chi connectivity index (χ0) is 31.1. The zero-order valence-electron chi connectivity index (χ0n) is 27.7. The molecule has 32 heavy (non-hydrogen) atoms. The molecule has 8 nitrogen and oxygen atoms in total. The van der Waals surface area contributed by atoms with Crippen LogP contribution in [0.1, 0.15) is 69.8 Å². The minimum Gasteiger partial charge on any atom is -0.465 e. The molecule has 1 aromatic carbocycles. The van der Waals surface area contributed by atoms with Gasteiger partial charge in [-0.25, -0.2) is 9.59 Å². The van der Waals surface area contributed by atoms with Gasteiger partial charge in [0.1, 0.15) is 5.60 Å². The van der Waals surface area contributed by atoms with Crippen LogP contribution in [0, 0.1) is 0 Å². The van der Waals surface area contributed by atoms with E-state index in [0.717, 1.165) is 13.2 Å². The highest BCUT2D eigenvalue weighted by atomic mass is 16.7. The van der Waals surface area contributed by atoms with Gasteiger partial charge in [-0.2, -0.15) is 0 Å². The lowest BCUT2D eigenvalue weighted by Crippen LogP contribution is -2.50. The third-order valence-corrected chi connectivity index (χ3v) is 5.32. The fraction of sp³-hybridized carbons (Fsp3) is 0.652. The largest absolute Gasteiger partial charge is 0.494 e. The summed E-state index contributed by atoms with van der Waals surface area (Å²) in [6.45, 7) is -2.26. The van der Waals surface area contributed by atoms with Crippen molar-refractivity contribution < 1.29 is 39.3 Å². The highest BCUT2D eigenvalue weighted by Gasteiger charge is 2.51. The number of methoxy groups -OCH3 is 1. The summed E-state index contributed by atoms with van der Waals surface area (Å²) in [5.41, 5.74) is -3.30. The second kappa shape index (κ2) is 8.59. The van der Waals surface area contributed by atoms with Gasteiger partial charge < -0.3 is 28.6 Å². The fourth-order valence-electron chi connectivity index (χ4n) is 2.92. The van der Waals surface area contributed by atoms with E-state index >= 15 is 0 Å². The summed E-state index contributed by atoms with van der Waals surface area (Å²) in [6.07, 6.45) is -1.60. The molecule has 3 rings (SSSR count). The summed E-state index contributed by atoms with van der Waals surface area (Å²) in [7, 11) is 0.0911. The molecule has 0 bridgehead atoms. The van der Waals surface area contributed by atoms with E-state index in [1.54, 1.807) is 0 Å². The third-order valence-electron chi connectivity index (χ3n) is 5.32. The zero-order valence-corrected chi connectivity index (χ0v) is 19.7. The van der Waals surface area contributed by atoms with Crippen molar-refractivity contribution in [2.45, 2.75) is 65.3 Å². The number of rotatable bonds is 3. The Labute approximate surface area is 202 Å². The molecule has 2 aliphatic rings. The topological polar surface area (TPSA) is 77.5 Å². The van der Waals surface area contributed by atoms with Gasteiger partial charge in [-0.3, -0.25) is 0 Å². The molecule has 2 fully saturated rings. The number of hydrogen-bond acceptors (Lipinski definition) is 7. The van der Waals surface area contributed by atoms with Crippen molar-refractivity contribution in [2.75, 3.05) is 38.0 Å². The van der Waals surface area contributed by atoms with Crippen molar-refractivity contribution in [1.82, 2.24) is 4.90 Å². The second-order valence-electron chi connectivity index (χ2n) is 9.45. The summed E-state index contributed by atoms with van der Waals surface area (Å²) in [5.74, 6) is -1.03. The highest BCUT2D eigenvalue weighted by molar-refractivity contribution is 6.62. The number of ether oxygens (including phenoxy) is 2. The first kappa shape index (κ1) is 15.6. The summed E-state index contributed by atoms with van der Waals surface area (Å²) >= 11 is 0. The van der Waals surface area contributed by atoms with Crippen molar-refractivity contribution in [1.29, 1.82) is 0 Å². The summed E-state index contributed by atoms with van der Waals surface area (Å²) in [4.78, 5) is 25.8. The number of nitrogens with zero attached hydrogens (tertiary/aromatic N) is 2. The number of esters is 1. The number of hydrogen-bond donors (Lipinski definition) is 0. The first-order chi connectivity index (χ1) is 17.8. The van der Waals surface area contributed by atoms with Crippen molar-refractivity contribution in [3.63, 3.8) is 0 Å². The Morgan fingerprint density at radius 1 is 1.06 bits per heavy atom. The third kappa shape index (κ3) is 5.04. The summed E-state index contributed by atoms with van der Waals surface area (Å²) < 4.78 is 90.9. The number of piperazine rings is 1. The molecule has 1 amide bonds. The first-order valence-electron chi connectivity index (χ1n) is 14.2. The molecule has 0 spiro atoms. The van der Waals surface area contributed by atoms with Crippen LogP contribution in [0.25, 0.3) is 0 Å². The average Bonchev–Trinajstić information content (AvgIpc) is 2.97. The summed E-state index contributed by atoms with van der Waals surface area (Å²) in [6, 6.07) is 3.75. The predicted octanol–water partition coefficient (Wildman–Crippen LogP) is 2.83. The van der Waals surface area contributed by atoms with Crippen molar-refractivity contribution in [3.05, 3.63) is 23.8 Å². The van der Waals surface area contributed by atoms with E-state index in [4.69, 9.17) is 29.7 Å². The predicted molar refractivity (Wildman–Crippen MR) is 124 cm³/mol. The Hall–Kier alpha value is -2.26. The molecule has 0 N–H and O–H groups in total. The number of benzene rings is 1. The number of amides is 1. The molecule has 2 heterocycles. The van der Waals surface area contributed by atoms with E-state index in [-0.39, 0.29) is 9.80 Å². The van der Waals surface area contributed by atoms with Gasteiger partial charge in [-0.05, 0) is 66.1 Å². The Morgan fingerprint density at radius 3 is 2.12 bits per heavy atom. The minimum absolute atomic E-state index is 0.182. The van der Waals surface area contributed by atoms with E-state index in [0.29, 0.717) is 5.46 Å². The van der Waals surface area contributed by atoms with Crippen LogP contribution < -0.4 is 10.4 Å². The number of carbonyl (C=O) groups is 2. The van der Waals surface area contributed by atoms with Crippen LogP contribution in [-0.2, 0) is 18.8 Å². The number of anilines is 1. The molecule has 2 saturated heterocycles. The van der Waals surface area contributed by atoms with Crippen LogP contribution >= 0.6 is 0 Å². The van der Waals surface area contributed by atoms with Crippen molar-refractivity contribution >= 4 is 30.3 Å². The van der Waals surface area contributed by atoms with Crippen LogP contribution in [-0.4, -0.2) is 74.0 Å². The van der Waals surface area contributed by atoms with Gasteiger partial charge in [-0.1, -0.05) is 6.07 Å². The number of carbonyl (C=O) groups excluding carboxylic acids is 2. The maximum Gasteiger partial charge on any atom is 0.494 e. The molecule has 0 aliphatic carbocycles. The van der Waals surface area contributed by atoms with Gasteiger partial charge in [0.25, 0.3) is 0 Å². The Kier molecular flexibility index (Phi) is 4.18. The average molecular weight is 454 g/mol. The SMILES string of the molecule is [2H]C1([2H])N(C(=O)OC(C)(C)C)C([2H])([2H])C([2H])([2H])N(c2ccc(B3OC(C)(C)C(C)(C)O3)cc2C(=O)OC)C1([2H])[2H]. The van der Waals surface area contributed by atoms with Gasteiger partial charge >= 0.3 is 19.2 Å². The molecule has 0 atom stereocenters. The van der Waals surface area contributed by atoms with Crippen LogP contribution in [0.4, 0.5) is 10.5 Å². The molecule has 0 radical (unpaired) electrons. The van der Waals surface area contributed by atoms with Gasteiger partial charge in [0.05, 0.1) is 40.5 Å². The standard InChI is InChI=1S/C23H35BN2O6/c1-21(2,3)30-20(28)26-13-11-25(12-14-26)18-10-9-16(15-17(18)19(27)29-8)24-31-22(4,5)23(6,7)32-24/h9-10,15H,11-14H2,1-8H3/i11D2,12D2,13D2,14D2. The molecular weight excluding hydrogens is 411 g/mol. The molecule has 0 unspecified atom stereocenters. The monoisotopic (exact) mass is 454 g/mol. The molecule has 9 heteroatoms. The van der Waals surface area contributed by atoms with Gasteiger partial charge in [0.2, 0.25) is 0 Å². The molecule has 2 aliphatic heterocycles. The summed E-state index contributed by atoms with van der Waals surface area (Å²) in [5, 5.41) is 0. The van der Waals surface area contributed by atoms with Gasteiger partial charge in [-0.15, -0.1) is 0 Å². The van der Waals surface area contributed by atoms with Crippen LogP contribution in [0.2, 0.25) is 0 Å². The van der Waals surface area contributed by atoms with Crippen LogP contribution in [0.3, 0.4) is 0 Å². The van der Waals surface area contributed by atoms with Crippen LogP contribution in [0.5, 0.6) is 0 Å². The lowest BCUT2D eigenvalue weighted by Gasteiger charge is -2.37. The van der Waals surface area contributed by atoms with E-state index in [1.165, 1.54) is 32.9 Å². The second-order valence-corrected chi connectivity index (χ2v) is 9.45. The van der Waals surface area contributed by atoms with Crippen molar-refractivity contribution in [3.8, 4) is 0 Å². The molecule has 0 saturated carbocycles. The molecule has 176 valence electrons. The fourth-order valence-corrected chi connectivity index (χ4v) is 2.92. The Bertz CT molecular complexity index is 1160. The van der Waals surface area contributed by atoms with Gasteiger partial charge in [0.15, 0.2) is 0 Å². The molecule has 0 aromatic heterocycles. The minimum atomic E-state index is -3.50. The normalized spacial score (nSPS) is 30.3. The molecular formula is C23H35BN2O6. The first-order valence-corrected chi connectivity index (χ1v) is 10.2. The lowest BCUT2D eigenvalue weighted by atomic mass is 9.78. The maximum absolute atomic E-state index is 13.0. The van der Waals surface area contributed by atoms with Crippen LogP contribution in [0.15, 0.2) is 18.2 Å². The smallest absolute Gasteiger partial charge is 0.465 e. The van der Waals surface area contributed by atoms with Gasteiger partial charge in [0, 0.05) is 26.0 Å². The lowest BCUT2D eigenvalue weighted by molar-refractivity contribution is 0.00578. The highest BCUT2D eigenvalue weighted by Crippen LogP contribution is 2.36.